The average molecular weight is 263 g/mol. The van der Waals surface area contributed by atoms with E-state index in [1.165, 1.54) is 32.0 Å². The van der Waals surface area contributed by atoms with Gasteiger partial charge in [0.25, 0.3) is 0 Å². The standard InChI is InChI=1S/C14H18FN3O/c1-19-10-8-11-13(4-7-18-5-2-3-6-18)16-17-14(11)12(15)9-10/h8-9H,2-7H2,1H3,(H,16,17). The molecule has 1 aliphatic rings. The van der Waals surface area contributed by atoms with Crippen LogP contribution in [0.2, 0.25) is 0 Å². The number of nitrogens with zero attached hydrogens (tertiary/aromatic N) is 2. The number of rotatable bonds is 4. The maximum Gasteiger partial charge on any atom is 0.152 e. The van der Waals surface area contributed by atoms with Gasteiger partial charge in [-0.25, -0.2) is 4.39 Å². The van der Waals surface area contributed by atoms with Gasteiger partial charge in [0, 0.05) is 24.4 Å². The Bertz CT molecular complexity index is 575. The first kappa shape index (κ1) is 12.4. The van der Waals surface area contributed by atoms with Crippen LogP contribution in [0.3, 0.4) is 0 Å². The fraction of sp³-hybridized carbons (Fsp3) is 0.500. The van der Waals surface area contributed by atoms with E-state index in [1.54, 1.807) is 7.11 Å². The molecule has 4 nitrogen and oxygen atoms in total. The third-order valence-corrected chi connectivity index (χ3v) is 3.78. The van der Waals surface area contributed by atoms with Gasteiger partial charge in [0.15, 0.2) is 5.82 Å². The molecule has 0 unspecified atom stereocenters. The molecule has 0 aliphatic carbocycles. The molecule has 3 rings (SSSR count). The second-order valence-electron chi connectivity index (χ2n) is 5.00. The van der Waals surface area contributed by atoms with E-state index < -0.39 is 0 Å². The summed E-state index contributed by atoms with van der Waals surface area (Å²) < 4.78 is 18.9. The average Bonchev–Trinajstić information content (AvgIpc) is 3.05. The van der Waals surface area contributed by atoms with Crippen LogP contribution in [0.4, 0.5) is 4.39 Å². The molecule has 0 bridgehead atoms. The molecule has 19 heavy (non-hydrogen) atoms. The maximum absolute atomic E-state index is 13.8. The van der Waals surface area contributed by atoms with Gasteiger partial charge in [0.2, 0.25) is 0 Å². The van der Waals surface area contributed by atoms with E-state index in [9.17, 15) is 4.39 Å². The van der Waals surface area contributed by atoms with E-state index in [1.807, 2.05) is 6.07 Å². The van der Waals surface area contributed by atoms with Crippen molar-refractivity contribution < 1.29 is 9.13 Å². The number of nitrogens with one attached hydrogen (secondary N) is 1. The highest BCUT2D eigenvalue weighted by molar-refractivity contribution is 5.83. The smallest absolute Gasteiger partial charge is 0.152 e. The highest BCUT2D eigenvalue weighted by Crippen LogP contribution is 2.25. The van der Waals surface area contributed by atoms with Gasteiger partial charge >= 0.3 is 0 Å². The van der Waals surface area contributed by atoms with Crippen LogP contribution in [0.5, 0.6) is 5.75 Å². The van der Waals surface area contributed by atoms with Crippen molar-refractivity contribution in [3.8, 4) is 5.75 Å². The molecule has 1 saturated heterocycles. The first-order valence-electron chi connectivity index (χ1n) is 6.71. The van der Waals surface area contributed by atoms with E-state index in [-0.39, 0.29) is 5.82 Å². The largest absolute Gasteiger partial charge is 0.497 e. The van der Waals surface area contributed by atoms with Crippen LogP contribution in [-0.4, -0.2) is 41.8 Å². The van der Waals surface area contributed by atoms with Crippen LogP contribution >= 0.6 is 0 Å². The van der Waals surface area contributed by atoms with E-state index >= 15 is 0 Å². The minimum absolute atomic E-state index is 0.311. The molecule has 0 amide bonds. The topological polar surface area (TPSA) is 41.1 Å². The SMILES string of the molecule is COc1cc(F)c2[nH]nc(CCN3CCCC3)c2c1. The van der Waals surface area contributed by atoms with Crippen molar-refractivity contribution in [2.45, 2.75) is 19.3 Å². The fourth-order valence-corrected chi connectivity index (χ4v) is 2.69. The maximum atomic E-state index is 13.8. The molecule has 1 aromatic heterocycles. The van der Waals surface area contributed by atoms with Crippen molar-refractivity contribution in [1.82, 2.24) is 15.1 Å². The molecule has 1 N–H and O–H groups in total. The molecule has 2 heterocycles. The Morgan fingerprint density at radius 2 is 2.16 bits per heavy atom. The Hall–Kier alpha value is -1.62. The number of benzene rings is 1. The number of hydrogen-bond donors (Lipinski definition) is 1. The predicted octanol–water partition coefficient (Wildman–Crippen LogP) is 2.35. The lowest BCUT2D eigenvalue weighted by atomic mass is 10.1. The minimum Gasteiger partial charge on any atom is -0.497 e. The lowest BCUT2D eigenvalue weighted by Crippen LogP contribution is -2.22. The second-order valence-corrected chi connectivity index (χ2v) is 5.00. The fourth-order valence-electron chi connectivity index (χ4n) is 2.69. The highest BCUT2D eigenvalue weighted by Gasteiger charge is 2.15. The molecule has 1 aliphatic heterocycles. The highest BCUT2D eigenvalue weighted by atomic mass is 19.1. The zero-order valence-electron chi connectivity index (χ0n) is 11.1. The summed E-state index contributed by atoms with van der Waals surface area (Å²) in [6.07, 6.45) is 3.40. The molecule has 2 aromatic rings. The first-order chi connectivity index (χ1) is 9.28. The van der Waals surface area contributed by atoms with Gasteiger partial charge in [0.1, 0.15) is 11.3 Å². The van der Waals surface area contributed by atoms with E-state index in [4.69, 9.17) is 4.74 Å². The monoisotopic (exact) mass is 263 g/mol. The summed E-state index contributed by atoms with van der Waals surface area (Å²) in [5, 5.41) is 7.86. The summed E-state index contributed by atoms with van der Waals surface area (Å²) in [6, 6.07) is 3.23. The lowest BCUT2D eigenvalue weighted by molar-refractivity contribution is 0.342. The van der Waals surface area contributed by atoms with Crippen LogP contribution in [0, 0.1) is 5.82 Å². The number of ether oxygens (including phenoxy) is 1. The van der Waals surface area contributed by atoms with Crippen LogP contribution in [0.25, 0.3) is 10.9 Å². The molecular formula is C14H18FN3O. The number of likely N-dealkylation sites (tertiary alicyclic amines) is 1. The van der Waals surface area contributed by atoms with Crippen LogP contribution in [0.15, 0.2) is 12.1 Å². The Labute approximate surface area is 111 Å². The number of aromatic amines is 1. The van der Waals surface area contributed by atoms with Crippen molar-refractivity contribution in [1.29, 1.82) is 0 Å². The summed E-state index contributed by atoms with van der Waals surface area (Å²) in [4.78, 5) is 2.43. The Morgan fingerprint density at radius 3 is 2.89 bits per heavy atom. The van der Waals surface area contributed by atoms with Gasteiger partial charge in [0.05, 0.1) is 12.8 Å². The summed E-state index contributed by atoms with van der Waals surface area (Å²) in [5.74, 6) is 0.225. The summed E-state index contributed by atoms with van der Waals surface area (Å²) in [6.45, 7) is 3.32. The van der Waals surface area contributed by atoms with Gasteiger partial charge in [-0.2, -0.15) is 5.10 Å². The number of fused-ring (bicyclic) bond motifs is 1. The zero-order valence-corrected chi connectivity index (χ0v) is 11.1. The summed E-state index contributed by atoms with van der Waals surface area (Å²) in [7, 11) is 1.55. The Morgan fingerprint density at radius 1 is 1.37 bits per heavy atom. The van der Waals surface area contributed by atoms with E-state index in [0.29, 0.717) is 11.3 Å². The van der Waals surface area contributed by atoms with Crippen LogP contribution < -0.4 is 4.74 Å². The quantitative estimate of drug-likeness (QED) is 0.920. The van der Waals surface area contributed by atoms with Crippen molar-refractivity contribution >= 4 is 10.9 Å². The number of methoxy groups -OCH3 is 1. The lowest BCUT2D eigenvalue weighted by Gasteiger charge is -2.13. The van der Waals surface area contributed by atoms with Crippen LogP contribution in [0.1, 0.15) is 18.5 Å². The molecule has 0 saturated carbocycles. The molecular weight excluding hydrogens is 245 g/mol. The number of aromatic nitrogens is 2. The first-order valence-corrected chi connectivity index (χ1v) is 6.71. The molecule has 0 spiro atoms. The van der Waals surface area contributed by atoms with Crippen molar-refractivity contribution in [2.24, 2.45) is 0 Å². The molecule has 0 radical (unpaired) electrons. The van der Waals surface area contributed by atoms with Crippen molar-refractivity contribution in [3.63, 3.8) is 0 Å². The molecule has 5 heteroatoms. The second kappa shape index (κ2) is 5.17. The Kier molecular flexibility index (Phi) is 3.38. The third kappa shape index (κ3) is 2.42. The molecule has 102 valence electrons. The predicted molar refractivity (Wildman–Crippen MR) is 72.0 cm³/mol. The molecule has 0 atom stereocenters. The van der Waals surface area contributed by atoms with Crippen molar-refractivity contribution in [2.75, 3.05) is 26.7 Å². The molecule has 1 aromatic carbocycles. The van der Waals surface area contributed by atoms with Gasteiger partial charge in [-0.15, -0.1) is 0 Å². The summed E-state index contributed by atoms with van der Waals surface area (Å²) in [5.41, 5.74) is 1.39. The van der Waals surface area contributed by atoms with Gasteiger partial charge in [-0.1, -0.05) is 0 Å². The Balaban J connectivity index is 1.84. The van der Waals surface area contributed by atoms with E-state index in [2.05, 4.69) is 15.1 Å². The van der Waals surface area contributed by atoms with Crippen molar-refractivity contribution in [3.05, 3.63) is 23.6 Å². The number of H-pyrrole nitrogens is 1. The van der Waals surface area contributed by atoms with Gasteiger partial charge in [-0.05, 0) is 32.0 Å². The number of hydrogen-bond acceptors (Lipinski definition) is 3. The number of halogens is 1. The summed E-state index contributed by atoms with van der Waals surface area (Å²) >= 11 is 0. The van der Waals surface area contributed by atoms with Gasteiger partial charge in [-0.3, -0.25) is 5.10 Å². The zero-order chi connectivity index (χ0) is 13.2. The third-order valence-electron chi connectivity index (χ3n) is 3.78. The normalized spacial score (nSPS) is 16.3. The van der Waals surface area contributed by atoms with E-state index in [0.717, 1.165) is 24.0 Å². The molecule has 1 fully saturated rings. The van der Waals surface area contributed by atoms with Crippen LogP contribution in [-0.2, 0) is 6.42 Å². The minimum atomic E-state index is -0.311. The van der Waals surface area contributed by atoms with Gasteiger partial charge < -0.3 is 9.64 Å².